The van der Waals surface area contributed by atoms with Gasteiger partial charge in [-0.15, -0.1) is 0 Å². The third-order valence-corrected chi connectivity index (χ3v) is 3.86. The molecule has 2 aromatic rings. The summed E-state index contributed by atoms with van der Waals surface area (Å²) >= 11 is 5.62. The van der Waals surface area contributed by atoms with Gasteiger partial charge >= 0.3 is 5.97 Å². The van der Waals surface area contributed by atoms with E-state index in [2.05, 4.69) is 14.7 Å². The number of anilines is 1. The molecule has 9 heteroatoms. The van der Waals surface area contributed by atoms with Crippen molar-refractivity contribution in [2.24, 2.45) is 0 Å². The van der Waals surface area contributed by atoms with Crippen LogP contribution in [0.4, 0.5) is 5.82 Å². The van der Waals surface area contributed by atoms with E-state index in [1.807, 2.05) is 0 Å². The first-order valence-electron chi connectivity index (χ1n) is 5.22. The van der Waals surface area contributed by atoms with Gasteiger partial charge in [-0.1, -0.05) is 11.6 Å². The lowest BCUT2D eigenvalue weighted by atomic mass is 10.2. The molecule has 0 amide bonds. The second kappa shape index (κ2) is 5.43. The third kappa shape index (κ3) is 3.22. The zero-order valence-corrected chi connectivity index (χ0v) is 11.4. The van der Waals surface area contributed by atoms with Gasteiger partial charge in [-0.25, -0.2) is 23.2 Å². The molecule has 0 bridgehead atoms. The standard InChI is InChI=1S/C11H8ClN3O4S/c12-9-5-10(14-6-13-9)15-20(18,19)8-3-1-7(2-4-8)11(16)17/h1-6H,(H,16,17)(H,13,14,15). The first kappa shape index (κ1) is 14.2. The van der Waals surface area contributed by atoms with E-state index < -0.39 is 16.0 Å². The quantitative estimate of drug-likeness (QED) is 0.830. The highest BCUT2D eigenvalue weighted by Gasteiger charge is 2.15. The lowest BCUT2D eigenvalue weighted by Crippen LogP contribution is -2.14. The monoisotopic (exact) mass is 313 g/mol. The fraction of sp³-hybridized carbons (Fsp3) is 0. The smallest absolute Gasteiger partial charge is 0.335 e. The van der Waals surface area contributed by atoms with Crippen LogP contribution in [0.3, 0.4) is 0 Å². The maximum absolute atomic E-state index is 12.0. The first-order chi connectivity index (χ1) is 9.38. The predicted molar refractivity (Wildman–Crippen MR) is 71.3 cm³/mol. The van der Waals surface area contributed by atoms with Gasteiger partial charge in [0.1, 0.15) is 17.3 Å². The number of halogens is 1. The minimum absolute atomic E-state index is 0.00553. The average molecular weight is 314 g/mol. The van der Waals surface area contributed by atoms with E-state index in [9.17, 15) is 13.2 Å². The van der Waals surface area contributed by atoms with Crippen LogP contribution in [0, 0.1) is 0 Å². The Morgan fingerprint density at radius 2 is 1.85 bits per heavy atom. The van der Waals surface area contributed by atoms with Crippen molar-refractivity contribution in [2.75, 3.05) is 4.72 Å². The summed E-state index contributed by atoms with van der Waals surface area (Å²) in [6, 6.07) is 6.03. The molecule has 0 saturated heterocycles. The predicted octanol–water partition coefficient (Wildman–Crippen LogP) is 1.63. The van der Waals surface area contributed by atoms with Crippen molar-refractivity contribution in [3.63, 3.8) is 0 Å². The van der Waals surface area contributed by atoms with E-state index in [-0.39, 0.29) is 21.4 Å². The van der Waals surface area contributed by atoms with Crippen molar-refractivity contribution in [2.45, 2.75) is 4.90 Å². The lowest BCUT2D eigenvalue weighted by Gasteiger charge is -2.07. The SMILES string of the molecule is O=C(O)c1ccc(S(=O)(=O)Nc2cc(Cl)ncn2)cc1. The van der Waals surface area contributed by atoms with Gasteiger partial charge in [-0.05, 0) is 24.3 Å². The molecule has 0 aliphatic rings. The summed E-state index contributed by atoms with van der Waals surface area (Å²) in [6.07, 6.45) is 1.12. The van der Waals surface area contributed by atoms with Gasteiger partial charge in [-0.2, -0.15) is 0 Å². The highest BCUT2D eigenvalue weighted by molar-refractivity contribution is 7.92. The molecule has 7 nitrogen and oxygen atoms in total. The molecule has 0 atom stereocenters. The van der Waals surface area contributed by atoms with Gasteiger partial charge in [0.05, 0.1) is 10.5 Å². The summed E-state index contributed by atoms with van der Waals surface area (Å²) in [5.74, 6) is -1.11. The minimum atomic E-state index is -3.86. The van der Waals surface area contributed by atoms with E-state index in [1.54, 1.807) is 0 Å². The van der Waals surface area contributed by atoms with Gasteiger partial charge in [0.15, 0.2) is 0 Å². The molecule has 1 heterocycles. The zero-order chi connectivity index (χ0) is 14.8. The van der Waals surface area contributed by atoms with Crippen LogP contribution in [0.25, 0.3) is 0 Å². The second-order valence-electron chi connectivity index (χ2n) is 3.66. The largest absolute Gasteiger partial charge is 0.478 e. The van der Waals surface area contributed by atoms with E-state index in [0.29, 0.717) is 0 Å². The number of hydrogen-bond donors (Lipinski definition) is 2. The Bertz CT molecular complexity index is 747. The summed E-state index contributed by atoms with van der Waals surface area (Å²) < 4.78 is 26.3. The Labute approximate surface area is 119 Å². The molecule has 0 spiro atoms. The van der Waals surface area contributed by atoms with Crippen LogP contribution in [0.1, 0.15) is 10.4 Å². The van der Waals surface area contributed by atoms with Gasteiger partial charge in [-0.3, -0.25) is 4.72 Å². The van der Waals surface area contributed by atoms with E-state index in [1.165, 1.54) is 30.3 Å². The molecule has 0 aliphatic heterocycles. The van der Waals surface area contributed by atoms with Crippen LogP contribution in [-0.2, 0) is 10.0 Å². The first-order valence-corrected chi connectivity index (χ1v) is 7.08. The van der Waals surface area contributed by atoms with Crippen molar-refractivity contribution in [1.29, 1.82) is 0 Å². The maximum Gasteiger partial charge on any atom is 0.335 e. The zero-order valence-electron chi connectivity index (χ0n) is 9.82. The molecular weight excluding hydrogens is 306 g/mol. The number of carbonyl (C=O) groups is 1. The van der Waals surface area contributed by atoms with Gasteiger partial charge in [0, 0.05) is 6.07 Å². The van der Waals surface area contributed by atoms with Crippen LogP contribution in [-0.4, -0.2) is 29.5 Å². The van der Waals surface area contributed by atoms with Crippen molar-refractivity contribution in [3.05, 3.63) is 47.4 Å². The van der Waals surface area contributed by atoms with E-state index in [4.69, 9.17) is 16.7 Å². The molecule has 0 radical (unpaired) electrons. The Balaban J connectivity index is 2.28. The minimum Gasteiger partial charge on any atom is -0.478 e. The normalized spacial score (nSPS) is 11.1. The molecule has 0 unspecified atom stereocenters. The van der Waals surface area contributed by atoms with Crippen molar-refractivity contribution in [1.82, 2.24) is 9.97 Å². The van der Waals surface area contributed by atoms with Crippen LogP contribution >= 0.6 is 11.6 Å². The van der Waals surface area contributed by atoms with Crippen molar-refractivity contribution in [3.8, 4) is 0 Å². The molecule has 2 N–H and O–H groups in total. The summed E-state index contributed by atoms with van der Waals surface area (Å²) in [5.41, 5.74) is -0.00553. The highest BCUT2D eigenvalue weighted by Crippen LogP contribution is 2.16. The second-order valence-corrected chi connectivity index (χ2v) is 5.73. The Morgan fingerprint density at radius 3 is 2.40 bits per heavy atom. The third-order valence-electron chi connectivity index (χ3n) is 2.28. The van der Waals surface area contributed by atoms with Gasteiger partial charge < -0.3 is 5.11 Å². The fourth-order valence-corrected chi connectivity index (χ4v) is 2.51. The number of aromatic nitrogens is 2. The number of aromatic carboxylic acids is 1. The number of rotatable bonds is 4. The molecule has 1 aromatic carbocycles. The van der Waals surface area contributed by atoms with Crippen LogP contribution < -0.4 is 4.72 Å². The van der Waals surface area contributed by atoms with E-state index in [0.717, 1.165) is 6.33 Å². The summed E-state index contributed by atoms with van der Waals surface area (Å²) in [5, 5.41) is 8.84. The molecule has 20 heavy (non-hydrogen) atoms. The molecular formula is C11H8ClN3O4S. The molecule has 0 saturated carbocycles. The van der Waals surface area contributed by atoms with Crippen molar-refractivity contribution >= 4 is 33.4 Å². The van der Waals surface area contributed by atoms with Gasteiger partial charge in [0.2, 0.25) is 0 Å². The number of nitrogens with one attached hydrogen (secondary N) is 1. The molecule has 0 aliphatic carbocycles. The number of hydrogen-bond acceptors (Lipinski definition) is 5. The van der Waals surface area contributed by atoms with E-state index >= 15 is 0 Å². The molecule has 1 aromatic heterocycles. The lowest BCUT2D eigenvalue weighted by molar-refractivity contribution is 0.0697. The topological polar surface area (TPSA) is 109 Å². The molecule has 2 rings (SSSR count). The number of sulfonamides is 1. The van der Waals surface area contributed by atoms with Crippen LogP contribution in [0.15, 0.2) is 41.6 Å². The number of benzene rings is 1. The number of carboxylic acids is 1. The Hall–Kier alpha value is -2.19. The number of nitrogens with zero attached hydrogens (tertiary/aromatic N) is 2. The van der Waals surface area contributed by atoms with Gasteiger partial charge in [0.25, 0.3) is 10.0 Å². The summed E-state index contributed by atoms with van der Waals surface area (Å²) in [6.45, 7) is 0. The highest BCUT2D eigenvalue weighted by atomic mass is 35.5. The Morgan fingerprint density at radius 1 is 1.20 bits per heavy atom. The van der Waals surface area contributed by atoms with Crippen molar-refractivity contribution < 1.29 is 18.3 Å². The van der Waals surface area contributed by atoms with Crippen LogP contribution in [0.2, 0.25) is 5.15 Å². The average Bonchev–Trinajstić information content (AvgIpc) is 2.38. The summed E-state index contributed by atoms with van der Waals surface area (Å²) in [7, 11) is -3.86. The number of carboxylic acid groups (broad SMARTS) is 1. The fourth-order valence-electron chi connectivity index (χ4n) is 1.36. The summed E-state index contributed by atoms with van der Waals surface area (Å²) in [4.78, 5) is 18.0. The van der Waals surface area contributed by atoms with Crippen LogP contribution in [0.5, 0.6) is 0 Å². The molecule has 0 fully saturated rings. The maximum atomic E-state index is 12.0. The molecule has 104 valence electrons. The Kier molecular flexibility index (Phi) is 3.86.